The van der Waals surface area contributed by atoms with Crippen molar-refractivity contribution in [3.8, 4) is 0 Å². The van der Waals surface area contributed by atoms with E-state index in [0.29, 0.717) is 19.3 Å². The van der Waals surface area contributed by atoms with E-state index in [0.717, 1.165) is 41.7 Å². The van der Waals surface area contributed by atoms with E-state index in [1.165, 1.54) is 11.1 Å². The summed E-state index contributed by atoms with van der Waals surface area (Å²) in [4.78, 5) is 9.37. The van der Waals surface area contributed by atoms with Crippen LogP contribution in [-0.2, 0) is 16.1 Å². The number of ether oxygens (including phenoxy) is 2. The van der Waals surface area contributed by atoms with Crippen LogP contribution in [0.2, 0.25) is 0 Å². The highest BCUT2D eigenvalue weighted by Crippen LogP contribution is 2.33. The van der Waals surface area contributed by atoms with Crippen LogP contribution in [0.15, 0.2) is 60.8 Å². The minimum Gasteiger partial charge on any atom is -0.376 e. The van der Waals surface area contributed by atoms with Crippen LogP contribution in [-0.4, -0.2) is 33.9 Å². The quantitative estimate of drug-likeness (QED) is 0.492. The first kappa shape index (κ1) is 18.3. The average Bonchev–Trinajstić information content (AvgIpc) is 3.11. The van der Waals surface area contributed by atoms with Gasteiger partial charge in [0.15, 0.2) is 0 Å². The highest BCUT2D eigenvalue weighted by molar-refractivity contribution is 6.02. The molecule has 2 unspecified atom stereocenters. The van der Waals surface area contributed by atoms with Gasteiger partial charge in [0.2, 0.25) is 0 Å². The molecule has 0 N–H and O–H groups in total. The third kappa shape index (κ3) is 3.63. The third-order valence-corrected chi connectivity index (χ3v) is 5.72. The molecule has 1 aliphatic heterocycles. The normalized spacial score (nSPS) is 19.8. The Morgan fingerprint density at radius 1 is 1.07 bits per heavy atom. The number of aryl methyl sites for hydroxylation is 1. The van der Waals surface area contributed by atoms with Crippen molar-refractivity contribution in [3.63, 3.8) is 0 Å². The fraction of sp³-hybridized carbons (Fsp3) is 0.333. The van der Waals surface area contributed by atoms with E-state index in [-0.39, 0.29) is 6.10 Å². The lowest BCUT2D eigenvalue weighted by Gasteiger charge is -2.31. The Morgan fingerprint density at radius 2 is 1.90 bits per heavy atom. The second-order valence-electron chi connectivity index (χ2n) is 7.71. The van der Waals surface area contributed by atoms with E-state index in [1.54, 1.807) is 0 Å². The molecule has 0 radical (unpaired) electrons. The van der Waals surface area contributed by atoms with Crippen molar-refractivity contribution in [1.29, 1.82) is 0 Å². The molecule has 4 aromatic rings. The number of nitrogens with zero attached hydrogens (tertiary/aromatic N) is 3. The van der Waals surface area contributed by atoms with E-state index in [2.05, 4.69) is 46.8 Å². The topological polar surface area (TPSA) is 49.2 Å². The number of para-hydroxylation sites is 1. The Bertz CT molecular complexity index is 1120. The molecule has 5 rings (SSSR count). The molecule has 2 aromatic carbocycles. The van der Waals surface area contributed by atoms with E-state index in [4.69, 9.17) is 14.5 Å². The maximum atomic E-state index is 6.01. The van der Waals surface area contributed by atoms with Crippen molar-refractivity contribution in [2.45, 2.75) is 38.5 Å². The highest BCUT2D eigenvalue weighted by atomic mass is 16.5. The summed E-state index contributed by atoms with van der Waals surface area (Å²) in [6, 6.07) is 18.9. The second kappa shape index (κ2) is 7.93. The number of rotatable bonds is 5. The van der Waals surface area contributed by atoms with Crippen LogP contribution in [0.25, 0.3) is 21.9 Å². The molecule has 0 aliphatic carbocycles. The number of pyridine rings is 1. The maximum Gasteiger partial charge on any atom is 0.108 e. The Morgan fingerprint density at radius 3 is 2.79 bits per heavy atom. The molecule has 0 bridgehead atoms. The minimum atomic E-state index is 0.0995. The zero-order chi connectivity index (χ0) is 19.6. The van der Waals surface area contributed by atoms with Crippen molar-refractivity contribution in [2.24, 2.45) is 0 Å². The summed E-state index contributed by atoms with van der Waals surface area (Å²) in [6.07, 6.45) is 3.90. The molecule has 0 spiro atoms. The zero-order valence-electron chi connectivity index (χ0n) is 16.6. The Balaban J connectivity index is 1.37. The van der Waals surface area contributed by atoms with Gasteiger partial charge in [0, 0.05) is 18.0 Å². The largest absolute Gasteiger partial charge is 0.376 e. The van der Waals surface area contributed by atoms with Gasteiger partial charge in [-0.25, -0.2) is 4.98 Å². The van der Waals surface area contributed by atoms with Crippen molar-refractivity contribution >= 4 is 21.9 Å². The van der Waals surface area contributed by atoms with Gasteiger partial charge < -0.3 is 14.0 Å². The molecular formula is C24H25N3O2. The smallest absolute Gasteiger partial charge is 0.108 e. The van der Waals surface area contributed by atoms with Gasteiger partial charge in [-0.1, -0.05) is 48.5 Å². The predicted octanol–water partition coefficient (Wildman–Crippen LogP) is 4.83. The van der Waals surface area contributed by atoms with Crippen molar-refractivity contribution in [3.05, 3.63) is 72.2 Å². The van der Waals surface area contributed by atoms with E-state index in [9.17, 15) is 0 Å². The van der Waals surface area contributed by atoms with Crippen LogP contribution >= 0.6 is 0 Å². The summed E-state index contributed by atoms with van der Waals surface area (Å²) in [5.74, 6) is 1.04. The summed E-state index contributed by atoms with van der Waals surface area (Å²) in [5.41, 5.74) is 4.35. The molecule has 5 nitrogen and oxygen atoms in total. The van der Waals surface area contributed by atoms with Crippen LogP contribution in [0.1, 0.15) is 30.3 Å². The van der Waals surface area contributed by atoms with E-state index >= 15 is 0 Å². The van der Waals surface area contributed by atoms with Gasteiger partial charge in [0.1, 0.15) is 11.3 Å². The number of benzene rings is 2. The lowest BCUT2D eigenvalue weighted by molar-refractivity contribution is -0.0580. The fourth-order valence-electron chi connectivity index (χ4n) is 4.38. The molecule has 2 atom stereocenters. The van der Waals surface area contributed by atoms with Crippen LogP contribution in [0.5, 0.6) is 0 Å². The SMILES string of the molecule is Cc1nc2cnc3ccccc3c2n1C1CCOC(COCc2ccccc2)C1. The number of aromatic nitrogens is 3. The molecule has 1 saturated heterocycles. The molecule has 29 heavy (non-hydrogen) atoms. The van der Waals surface area contributed by atoms with Gasteiger partial charge in [0.25, 0.3) is 0 Å². The Hall–Kier alpha value is -2.76. The minimum absolute atomic E-state index is 0.0995. The third-order valence-electron chi connectivity index (χ3n) is 5.72. The number of fused-ring (bicyclic) bond motifs is 3. The first-order valence-electron chi connectivity index (χ1n) is 10.2. The molecule has 148 valence electrons. The first-order valence-corrected chi connectivity index (χ1v) is 10.2. The Kier molecular flexibility index (Phi) is 5.00. The van der Waals surface area contributed by atoms with Gasteiger partial charge in [-0.05, 0) is 31.4 Å². The Labute approximate surface area is 170 Å². The van der Waals surface area contributed by atoms with Crippen LogP contribution in [0.4, 0.5) is 0 Å². The van der Waals surface area contributed by atoms with Gasteiger partial charge in [-0.3, -0.25) is 4.98 Å². The fourth-order valence-corrected chi connectivity index (χ4v) is 4.38. The highest BCUT2D eigenvalue weighted by Gasteiger charge is 2.27. The summed E-state index contributed by atoms with van der Waals surface area (Å²) >= 11 is 0. The predicted molar refractivity (Wildman–Crippen MR) is 114 cm³/mol. The van der Waals surface area contributed by atoms with Gasteiger partial charge in [0.05, 0.1) is 36.5 Å². The second-order valence-corrected chi connectivity index (χ2v) is 7.71. The number of hydrogen-bond donors (Lipinski definition) is 0. The molecular weight excluding hydrogens is 362 g/mol. The van der Waals surface area contributed by atoms with Crippen LogP contribution in [0.3, 0.4) is 0 Å². The first-order chi connectivity index (χ1) is 14.3. The monoisotopic (exact) mass is 387 g/mol. The van der Waals surface area contributed by atoms with E-state index in [1.807, 2.05) is 30.5 Å². The number of imidazole rings is 1. The molecule has 2 aromatic heterocycles. The molecule has 5 heteroatoms. The van der Waals surface area contributed by atoms with Crippen LogP contribution in [0, 0.1) is 6.92 Å². The standard InChI is InChI=1S/C24H25N3O2/c1-17-26-23-14-25-22-10-6-5-9-21(22)24(23)27(17)19-11-12-29-20(13-19)16-28-15-18-7-3-2-4-8-18/h2-10,14,19-20H,11-13,15-16H2,1H3. The van der Waals surface area contributed by atoms with Gasteiger partial charge in [-0.15, -0.1) is 0 Å². The lowest BCUT2D eigenvalue weighted by atomic mass is 10.0. The van der Waals surface area contributed by atoms with E-state index < -0.39 is 0 Å². The summed E-state index contributed by atoms with van der Waals surface area (Å²) in [5, 5.41) is 1.16. The summed E-state index contributed by atoms with van der Waals surface area (Å²) in [6.45, 7) is 4.06. The van der Waals surface area contributed by atoms with Crippen molar-refractivity contribution in [1.82, 2.24) is 14.5 Å². The van der Waals surface area contributed by atoms with Gasteiger partial charge >= 0.3 is 0 Å². The number of hydrogen-bond acceptors (Lipinski definition) is 4. The van der Waals surface area contributed by atoms with Crippen molar-refractivity contribution in [2.75, 3.05) is 13.2 Å². The average molecular weight is 387 g/mol. The zero-order valence-corrected chi connectivity index (χ0v) is 16.6. The molecule has 1 fully saturated rings. The summed E-state index contributed by atoms with van der Waals surface area (Å²) in [7, 11) is 0. The molecule has 3 heterocycles. The molecule has 1 aliphatic rings. The van der Waals surface area contributed by atoms with Gasteiger partial charge in [-0.2, -0.15) is 0 Å². The molecule has 0 amide bonds. The maximum absolute atomic E-state index is 6.01. The molecule has 0 saturated carbocycles. The van der Waals surface area contributed by atoms with Crippen LogP contribution < -0.4 is 0 Å². The lowest BCUT2D eigenvalue weighted by Crippen LogP contribution is -2.31. The summed E-state index contributed by atoms with van der Waals surface area (Å²) < 4.78 is 14.4. The van der Waals surface area contributed by atoms with Crippen molar-refractivity contribution < 1.29 is 9.47 Å².